The van der Waals surface area contributed by atoms with E-state index in [1.54, 1.807) is 36.9 Å². The van der Waals surface area contributed by atoms with E-state index >= 15 is 0 Å². The Morgan fingerprint density at radius 3 is 2.88 bits per heavy atom. The second-order valence-corrected chi connectivity index (χ2v) is 7.14. The summed E-state index contributed by atoms with van der Waals surface area (Å²) in [6.07, 6.45) is 6.05. The number of carbonyl (C=O) groups excluding carboxylic acids is 1. The predicted octanol–water partition coefficient (Wildman–Crippen LogP) is 4.55. The lowest BCUT2D eigenvalue weighted by Crippen LogP contribution is -2.16. The molecule has 0 amide bonds. The highest BCUT2D eigenvalue weighted by molar-refractivity contribution is 7.13. The van der Waals surface area contributed by atoms with Gasteiger partial charge in [-0.05, 0) is 19.1 Å². The van der Waals surface area contributed by atoms with Crippen LogP contribution in [0.25, 0.3) is 0 Å². The average Bonchev–Trinajstić information content (AvgIpc) is 3.18. The van der Waals surface area contributed by atoms with Gasteiger partial charge in [-0.2, -0.15) is 0 Å². The van der Waals surface area contributed by atoms with Gasteiger partial charge in [-0.15, -0.1) is 11.3 Å². The number of ether oxygens (including phenoxy) is 1. The van der Waals surface area contributed by atoms with Crippen molar-refractivity contribution in [3.8, 4) is 0 Å². The first kappa shape index (κ1) is 17.0. The van der Waals surface area contributed by atoms with Crippen molar-refractivity contribution in [2.24, 2.45) is 0 Å². The summed E-state index contributed by atoms with van der Waals surface area (Å²) in [6.45, 7) is 2.23. The van der Waals surface area contributed by atoms with E-state index in [0.717, 1.165) is 5.01 Å². The summed E-state index contributed by atoms with van der Waals surface area (Å²) >= 11 is 13.5. The second kappa shape index (κ2) is 7.34. The molecule has 2 heterocycles. The molecular formula is C16H13Cl2N3O2S. The number of rotatable bonds is 5. The molecule has 0 aliphatic carbocycles. The Hall–Kier alpha value is -1.89. The molecular weight excluding hydrogens is 369 g/mol. The molecule has 1 unspecified atom stereocenters. The molecule has 8 heteroatoms. The van der Waals surface area contributed by atoms with E-state index in [1.165, 1.54) is 17.5 Å². The Morgan fingerprint density at radius 1 is 1.42 bits per heavy atom. The maximum atomic E-state index is 12.4. The number of imidazole rings is 1. The zero-order valence-electron chi connectivity index (χ0n) is 12.6. The first-order valence-electron chi connectivity index (χ1n) is 7.07. The van der Waals surface area contributed by atoms with Crippen LogP contribution in [0.2, 0.25) is 10.0 Å². The average molecular weight is 382 g/mol. The van der Waals surface area contributed by atoms with Crippen molar-refractivity contribution in [1.82, 2.24) is 14.5 Å². The van der Waals surface area contributed by atoms with Gasteiger partial charge < -0.3 is 9.30 Å². The zero-order valence-corrected chi connectivity index (χ0v) is 15.0. The summed E-state index contributed by atoms with van der Waals surface area (Å²) in [5, 5.41) is 1.77. The minimum absolute atomic E-state index is 0.394. The Morgan fingerprint density at radius 2 is 2.25 bits per heavy atom. The molecule has 1 atom stereocenters. The van der Waals surface area contributed by atoms with Crippen molar-refractivity contribution in [3.05, 3.63) is 68.6 Å². The third-order valence-corrected chi connectivity index (χ3v) is 4.77. The quantitative estimate of drug-likeness (QED) is 0.608. The van der Waals surface area contributed by atoms with Crippen LogP contribution in [0.3, 0.4) is 0 Å². The number of esters is 1. The third-order valence-electron chi connectivity index (χ3n) is 3.32. The fraction of sp³-hybridized carbons (Fsp3) is 0.188. The highest BCUT2D eigenvalue weighted by Crippen LogP contribution is 2.30. The zero-order chi connectivity index (χ0) is 17.1. The van der Waals surface area contributed by atoms with Crippen LogP contribution in [-0.4, -0.2) is 20.5 Å². The van der Waals surface area contributed by atoms with Crippen molar-refractivity contribution in [2.75, 3.05) is 0 Å². The highest BCUT2D eigenvalue weighted by Gasteiger charge is 2.22. The fourth-order valence-electron chi connectivity index (χ4n) is 2.19. The first-order valence-corrected chi connectivity index (χ1v) is 8.64. The molecule has 1 aromatic carbocycles. The Bertz CT molecular complexity index is 849. The van der Waals surface area contributed by atoms with Crippen LogP contribution in [0.4, 0.5) is 0 Å². The van der Waals surface area contributed by atoms with Crippen LogP contribution < -0.4 is 0 Å². The number of thiazole rings is 1. The maximum absolute atomic E-state index is 12.4. The molecule has 0 fully saturated rings. The number of halogens is 2. The number of hydrogen-bond donors (Lipinski definition) is 0. The summed E-state index contributed by atoms with van der Waals surface area (Å²) < 4.78 is 7.51. The molecule has 0 aliphatic heterocycles. The van der Waals surface area contributed by atoms with E-state index in [4.69, 9.17) is 27.9 Å². The van der Waals surface area contributed by atoms with Gasteiger partial charge in [0.15, 0.2) is 0 Å². The maximum Gasteiger partial charge on any atom is 0.350 e. The molecule has 0 radical (unpaired) electrons. The fourth-order valence-corrected chi connectivity index (χ4v) is 3.38. The molecule has 5 nitrogen and oxygen atoms in total. The standard InChI is InChI=1S/C16H13Cl2N3O2S/c1-10-20-7-15(24-10)16(22)23-14(8-21-5-4-19-9-21)12-3-2-11(17)6-13(12)18/h2-7,9,14H,8H2,1H3. The molecule has 124 valence electrons. The minimum atomic E-state index is -0.570. The van der Waals surface area contributed by atoms with Crippen LogP contribution in [0.15, 0.2) is 43.1 Å². The third kappa shape index (κ3) is 3.95. The molecule has 0 spiro atoms. The molecule has 3 rings (SSSR count). The molecule has 0 saturated heterocycles. The molecule has 0 aliphatic rings. The van der Waals surface area contributed by atoms with Crippen molar-refractivity contribution in [3.63, 3.8) is 0 Å². The summed E-state index contributed by atoms with van der Waals surface area (Å²) in [5.41, 5.74) is 0.685. The van der Waals surface area contributed by atoms with Gasteiger partial charge in [0, 0.05) is 28.0 Å². The summed E-state index contributed by atoms with van der Waals surface area (Å²) in [5.74, 6) is -0.434. The largest absolute Gasteiger partial charge is 0.451 e. The topological polar surface area (TPSA) is 57.0 Å². The van der Waals surface area contributed by atoms with Crippen molar-refractivity contribution in [2.45, 2.75) is 19.6 Å². The normalized spacial score (nSPS) is 12.1. The van der Waals surface area contributed by atoms with Crippen LogP contribution in [0, 0.1) is 6.92 Å². The SMILES string of the molecule is Cc1ncc(C(=O)OC(Cn2ccnc2)c2ccc(Cl)cc2Cl)s1. The van der Waals surface area contributed by atoms with E-state index < -0.39 is 12.1 Å². The van der Waals surface area contributed by atoms with Crippen molar-refractivity contribution >= 4 is 40.5 Å². The number of nitrogens with zero attached hydrogens (tertiary/aromatic N) is 3. The van der Waals surface area contributed by atoms with E-state index in [-0.39, 0.29) is 0 Å². The monoisotopic (exact) mass is 381 g/mol. The van der Waals surface area contributed by atoms with Crippen molar-refractivity contribution in [1.29, 1.82) is 0 Å². The molecule has 24 heavy (non-hydrogen) atoms. The lowest BCUT2D eigenvalue weighted by molar-refractivity contribution is 0.0261. The summed E-state index contributed by atoms with van der Waals surface area (Å²) in [7, 11) is 0. The Kier molecular flexibility index (Phi) is 5.18. The van der Waals surface area contributed by atoms with Gasteiger partial charge in [-0.3, -0.25) is 0 Å². The Labute approximate surface area is 152 Å². The molecule has 0 bridgehead atoms. The van der Waals surface area contributed by atoms with Gasteiger partial charge in [0.25, 0.3) is 0 Å². The summed E-state index contributed by atoms with van der Waals surface area (Å²) in [4.78, 5) is 20.9. The van der Waals surface area contributed by atoms with Gasteiger partial charge in [-0.25, -0.2) is 14.8 Å². The molecule has 0 N–H and O–H groups in total. The van der Waals surface area contributed by atoms with Crippen molar-refractivity contribution < 1.29 is 9.53 Å². The smallest absolute Gasteiger partial charge is 0.350 e. The van der Waals surface area contributed by atoms with Gasteiger partial charge >= 0.3 is 5.97 Å². The second-order valence-electron chi connectivity index (χ2n) is 5.06. The minimum Gasteiger partial charge on any atom is -0.451 e. The van der Waals surface area contributed by atoms with E-state index in [2.05, 4.69) is 9.97 Å². The first-order chi connectivity index (χ1) is 11.5. The predicted molar refractivity (Wildman–Crippen MR) is 93.7 cm³/mol. The van der Waals surface area contributed by atoms with Gasteiger partial charge in [0.1, 0.15) is 11.0 Å². The van der Waals surface area contributed by atoms with Crippen LogP contribution >= 0.6 is 34.5 Å². The number of aromatic nitrogens is 3. The van der Waals surface area contributed by atoms with E-state index in [0.29, 0.717) is 27.0 Å². The van der Waals surface area contributed by atoms with Crippen LogP contribution in [0.1, 0.15) is 26.3 Å². The van der Waals surface area contributed by atoms with Gasteiger partial charge in [-0.1, -0.05) is 29.3 Å². The molecule has 2 aromatic heterocycles. The number of benzene rings is 1. The highest BCUT2D eigenvalue weighted by atomic mass is 35.5. The van der Waals surface area contributed by atoms with Crippen LogP contribution in [0.5, 0.6) is 0 Å². The lowest BCUT2D eigenvalue weighted by Gasteiger charge is -2.19. The molecule has 0 saturated carbocycles. The number of aryl methyl sites for hydroxylation is 1. The lowest BCUT2D eigenvalue weighted by atomic mass is 10.1. The number of carbonyl (C=O) groups is 1. The van der Waals surface area contributed by atoms with Gasteiger partial charge in [0.2, 0.25) is 0 Å². The molecule has 3 aromatic rings. The van der Waals surface area contributed by atoms with E-state index in [1.807, 2.05) is 11.5 Å². The summed E-state index contributed by atoms with van der Waals surface area (Å²) in [6, 6.07) is 5.11. The van der Waals surface area contributed by atoms with Crippen LogP contribution in [-0.2, 0) is 11.3 Å². The van der Waals surface area contributed by atoms with Gasteiger partial charge in [0.05, 0.1) is 24.1 Å². The van der Waals surface area contributed by atoms with E-state index in [9.17, 15) is 4.79 Å². The Balaban J connectivity index is 1.88. The number of hydrogen-bond acceptors (Lipinski definition) is 5.